The first-order chi connectivity index (χ1) is 7.65. The molecule has 0 saturated heterocycles. The van der Waals surface area contributed by atoms with E-state index in [0.717, 1.165) is 12.8 Å². The number of fused-ring (bicyclic) bond motifs is 1. The van der Waals surface area contributed by atoms with Crippen LogP contribution in [0.25, 0.3) is 0 Å². The zero-order chi connectivity index (χ0) is 11.5. The highest BCUT2D eigenvalue weighted by atomic mass is 32.1. The fourth-order valence-corrected chi connectivity index (χ4v) is 2.23. The van der Waals surface area contributed by atoms with E-state index < -0.39 is 0 Å². The third-order valence-corrected chi connectivity index (χ3v) is 2.90. The SMILES string of the molecule is NC(=S)CC(=O)NC1Cc2ccccc2C1. The van der Waals surface area contributed by atoms with Crippen molar-refractivity contribution in [2.24, 2.45) is 5.73 Å². The first kappa shape index (κ1) is 11.1. The van der Waals surface area contributed by atoms with E-state index in [9.17, 15) is 4.79 Å². The minimum absolute atomic E-state index is 0.0784. The van der Waals surface area contributed by atoms with Gasteiger partial charge >= 0.3 is 0 Å². The molecular formula is C12H14N2OS. The molecule has 16 heavy (non-hydrogen) atoms. The van der Waals surface area contributed by atoms with Crippen LogP contribution in [0, 0.1) is 0 Å². The number of carbonyl (C=O) groups is 1. The molecule has 3 nitrogen and oxygen atoms in total. The lowest BCUT2D eigenvalue weighted by molar-refractivity contribution is -0.120. The first-order valence-corrected chi connectivity index (χ1v) is 5.70. The summed E-state index contributed by atoms with van der Waals surface area (Å²) in [6.45, 7) is 0. The monoisotopic (exact) mass is 234 g/mol. The summed E-state index contributed by atoms with van der Waals surface area (Å²) < 4.78 is 0. The predicted octanol–water partition coefficient (Wildman–Crippen LogP) is 0.946. The minimum atomic E-state index is -0.0784. The van der Waals surface area contributed by atoms with Crippen LogP contribution in [0.5, 0.6) is 0 Å². The minimum Gasteiger partial charge on any atom is -0.393 e. The molecule has 0 aliphatic heterocycles. The van der Waals surface area contributed by atoms with Crippen molar-refractivity contribution in [1.82, 2.24) is 5.32 Å². The van der Waals surface area contributed by atoms with Crippen LogP contribution in [-0.4, -0.2) is 16.9 Å². The molecule has 0 bridgehead atoms. The molecule has 1 aromatic rings. The molecule has 2 rings (SSSR count). The highest BCUT2D eigenvalue weighted by Crippen LogP contribution is 2.21. The Hall–Kier alpha value is -1.42. The lowest BCUT2D eigenvalue weighted by Crippen LogP contribution is -2.37. The van der Waals surface area contributed by atoms with Gasteiger partial charge in [-0.3, -0.25) is 4.79 Å². The average Bonchev–Trinajstić information content (AvgIpc) is 2.57. The number of amides is 1. The molecule has 0 spiro atoms. The molecule has 0 atom stereocenters. The van der Waals surface area contributed by atoms with E-state index in [1.54, 1.807) is 0 Å². The van der Waals surface area contributed by atoms with Crippen molar-refractivity contribution in [3.05, 3.63) is 35.4 Å². The molecular weight excluding hydrogens is 220 g/mol. The molecule has 0 unspecified atom stereocenters. The van der Waals surface area contributed by atoms with E-state index in [1.165, 1.54) is 11.1 Å². The van der Waals surface area contributed by atoms with E-state index >= 15 is 0 Å². The van der Waals surface area contributed by atoms with Crippen molar-refractivity contribution in [3.8, 4) is 0 Å². The van der Waals surface area contributed by atoms with Gasteiger partial charge in [-0.05, 0) is 24.0 Å². The van der Waals surface area contributed by atoms with Crippen molar-refractivity contribution in [2.75, 3.05) is 0 Å². The number of thiocarbonyl (C=S) groups is 1. The molecule has 1 aromatic carbocycles. The zero-order valence-corrected chi connectivity index (χ0v) is 9.72. The molecule has 1 amide bonds. The Morgan fingerprint density at radius 2 is 1.94 bits per heavy atom. The van der Waals surface area contributed by atoms with Gasteiger partial charge < -0.3 is 11.1 Å². The number of hydrogen-bond acceptors (Lipinski definition) is 2. The standard InChI is InChI=1S/C12H14N2OS/c13-11(16)7-12(15)14-10-5-8-3-1-2-4-9(8)6-10/h1-4,10H,5-7H2,(H2,13,16)(H,14,15). The smallest absolute Gasteiger partial charge is 0.227 e. The maximum atomic E-state index is 11.5. The zero-order valence-electron chi connectivity index (χ0n) is 8.90. The summed E-state index contributed by atoms with van der Waals surface area (Å²) in [6, 6.07) is 8.46. The Balaban J connectivity index is 1.92. The van der Waals surface area contributed by atoms with Crippen LogP contribution in [0.1, 0.15) is 17.5 Å². The lowest BCUT2D eigenvalue weighted by atomic mass is 10.1. The fraction of sp³-hybridized carbons (Fsp3) is 0.333. The summed E-state index contributed by atoms with van der Waals surface area (Å²) in [6.07, 6.45) is 1.95. The van der Waals surface area contributed by atoms with Crippen LogP contribution in [0.3, 0.4) is 0 Å². The molecule has 4 heteroatoms. The lowest BCUT2D eigenvalue weighted by Gasteiger charge is -2.11. The van der Waals surface area contributed by atoms with Gasteiger partial charge in [0.05, 0.1) is 11.4 Å². The Kier molecular flexibility index (Phi) is 3.19. The molecule has 0 radical (unpaired) electrons. The van der Waals surface area contributed by atoms with Crippen molar-refractivity contribution in [1.29, 1.82) is 0 Å². The molecule has 1 aliphatic rings. The fourth-order valence-electron chi connectivity index (χ4n) is 2.10. The van der Waals surface area contributed by atoms with Crippen LogP contribution in [-0.2, 0) is 17.6 Å². The molecule has 0 saturated carbocycles. The number of hydrogen-bond donors (Lipinski definition) is 2. The van der Waals surface area contributed by atoms with E-state index in [4.69, 9.17) is 18.0 Å². The Bertz CT molecular complexity index is 406. The third-order valence-electron chi connectivity index (χ3n) is 2.75. The van der Waals surface area contributed by atoms with Crippen LogP contribution >= 0.6 is 12.2 Å². The summed E-state index contributed by atoms with van der Waals surface area (Å²) in [4.78, 5) is 11.7. The molecule has 3 N–H and O–H groups in total. The second-order valence-electron chi connectivity index (χ2n) is 4.08. The number of benzene rings is 1. The van der Waals surface area contributed by atoms with Gasteiger partial charge in [-0.25, -0.2) is 0 Å². The topological polar surface area (TPSA) is 55.1 Å². The second kappa shape index (κ2) is 4.61. The molecule has 0 aromatic heterocycles. The van der Waals surface area contributed by atoms with Crippen LogP contribution in [0.15, 0.2) is 24.3 Å². The Morgan fingerprint density at radius 1 is 1.38 bits per heavy atom. The Labute approximate surface area is 100 Å². The quantitative estimate of drug-likeness (QED) is 0.766. The van der Waals surface area contributed by atoms with Gasteiger partial charge in [0.1, 0.15) is 0 Å². The highest BCUT2D eigenvalue weighted by Gasteiger charge is 2.22. The van der Waals surface area contributed by atoms with Gasteiger partial charge in [0.25, 0.3) is 0 Å². The van der Waals surface area contributed by atoms with E-state index in [1.807, 2.05) is 12.1 Å². The number of carbonyl (C=O) groups excluding carboxylic acids is 1. The summed E-state index contributed by atoms with van der Waals surface area (Å²) in [5.41, 5.74) is 7.97. The molecule has 0 fully saturated rings. The molecule has 1 aliphatic carbocycles. The van der Waals surface area contributed by atoms with Gasteiger partial charge in [0.15, 0.2) is 0 Å². The summed E-state index contributed by atoms with van der Waals surface area (Å²) in [5.74, 6) is -0.0784. The summed E-state index contributed by atoms with van der Waals surface area (Å²) in [7, 11) is 0. The maximum absolute atomic E-state index is 11.5. The number of rotatable bonds is 3. The van der Waals surface area contributed by atoms with Crippen molar-refractivity contribution < 1.29 is 4.79 Å². The average molecular weight is 234 g/mol. The largest absolute Gasteiger partial charge is 0.393 e. The van der Waals surface area contributed by atoms with Crippen molar-refractivity contribution >= 4 is 23.1 Å². The Morgan fingerprint density at radius 3 is 2.44 bits per heavy atom. The van der Waals surface area contributed by atoms with Crippen LogP contribution in [0.2, 0.25) is 0 Å². The molecule has 0 heterocycles. The predicted molar refractivity (Wildman–Crippen MR) is 67.2 cm³/mol. The van der Waals surface area contributed by atoms with Gasteiger partial charge in [-0.2, -0.15) is 0 Å². The van der Waals surface area contributed by atoms with Gasteiger partial charge in [-0.15, -0.1) is 0 Å². The van der Waals surface area contributed by atoms with Crippen LogP contribution in [0.4, 0.5) is 0 Å². The van der Waals surface area contributed by atoms with Gasteiger partial charge in [0, 0.05) is 6.04 Å². The number of nitrogens with two attached hydrogens (primary N) is 1. The highest BCUT2D eigenvalue weighted by molar-refractivity contribution is 7.80. The van der Waals surface area contributed by atoms with Gasteiger partial charge in [0.2, 0.25) is 5.91 Å². The van der Waals surface area contributed by atoms with E-state index in [2.05, 4.69) is 17.4 Å². The normalized spacial score (nSPS) is 14.5. The third kappa shape index (κ3) is 2.58. The summed E-state index contributed by atoms with van der Waals surface area (Å²) >= 11 is 4.70. The maximum Gasteiger partial charge on any atom is 0.227 e. The number of nitrogens with one attached hydrogen (secondary N) is 1. The van der Waals surface area contributed by atoms with Crippen molar-refractivity contribution in [3.63, 3.8) is 0 Å². The van der Waals surface area contributed by atoms with Gasteiger partial charge in [-0.1, -0.05) is 36.5 Å². The molecule has 84 valence electrons. The van der Waals surface area contributed by atoms with Crippen LogP contribution < -0.4 is 11.1 Å². The first-order valence-electron chi connectivity index (χ1n) is 5.29. The van der Waals surface area contributed by atoms with E-state index in [0.29, 0.717) is 0 Å². The summed E-state index contributed by atoms with van der Waals surface area (Å²) in [5, 5.41) is 2.95. The second-order valence-corrected chi connectivity index (χ2v) is 4.61. The van der Waals surface area contributed by atoms with Crippen molar-refractivity contribution in [2.45, 2.75) is 25.3 Å². The van der Waals surface area contributed by atoms with E-state index in [-0.39, 0.29) is 23.4 Å².